The Kier molecular flexibility index (Phi) is 6.14. The number of carbonyl (C=O) groups excluding carboxylic acids is 1. The lowest BCUT2D eigenvalue weighted by molar-refractivity contribution is 0.177. The van der Waals surface area contributed by atoms with Gasteiger partial charge in [-0.2, -0.15) is 0 Å². The molecule has 100 valence electrons. The van der Waals surface area contributed by atoms with Crippen LogP contribution >= 0.6 is 0 Å². The smallest absolute Gasteiger partial charge is 0.317 e. The number of likely N-dealkylation sites (N-methyl/N-ethyl adjacent to an activating group) is 1. The third-order valence-corrected chi connectivity index (χ3v) is 2.85. The van der Waals surface area contributed by atoms with E-state index >= 15 is 0 Å². The van der Waals surface area contributed by atoms with Crippen molar-refractivity contribution in [3.63, 3.8) is 0 Å². The number of nitrogens with one attached hydrogen (secondary N) is 1. The molecule has 1 atom stereocenters. The Bertz CT molecular complexity index is 357. The van der Waals surface area contributed by atoms with Gasteiger partial charge in [0.25, 0.3) is 0 Å². The maximum absolute atomic E-state index is 12.0. The van der Waals surface area contributed by atoms with Crippen LogP contribution in [0, 0.1) is 0 Å². The van der Waals surface area contributed by atoms with Crippen LogP contribution in [0.15, 0.2) is 24.5 Å². The summed E-state index contributed by atoms with van der Waals surface area (Å²) in [7, 11) is 0. The minimum Gasteiger partial charge on any atom is -0.395 e. The van der Waals surface area contributed by atoms with E-state index < -0.39 is 0 Å². The fourth-order valence-electron chi connectivity index (χ4n) is 1.78. The van der Waals surface area contributed by atoms with E-state index in [1.54, 1.807) is 17.3 Å². The number of hydrogen-bond acceptors (Lipinski definition) is 3. The number of hydrogen-bond donors (Lipinski definition) is 2. The van der Waals surface area contributed by atoms with Crippen molar-refractivity contribution >= 4 is 6.03 Å². The molecular weight excluding hydrogens is 230 g/mol. The zero-order valence-corrected chi connectivity index (χ0v) is 11.0. The van der Waals surface area contributed by atoms with Gasteiger partial charge in [-0.1, -0.05) is 6.92 Å². The highest BCUT2D eigenvalue weighted by atomic mass is 16.3. The third kappa shape index (κ3) is 4.00. The molecule has 0 bridgehead atoms. The molecular formula is C13H21N3O2. The maximum atomic E-state index is 12.0. The quantitative estimate of drug-likeness (QED) is 0.806. The molecule has 1 unspecified atom stereocenters. The zero-order chi connectivity index (χ0) is 13.4. The molecule has 0 radical (unpaired) electrons. The summed E-state index contributed by atoms with van der Waals surface area (Å²) in [6.07, 6.45) is 4.25. The van der Waals surface area contributed by atoms with Crippen LogP contribution in [0.4, 0.5) is 4.79 Å². The molecule has 5 nitrogen and oxygen atoms in total. The topological polar surface area (TPSA) is 65.5 Å². The number of nitrogens with zero attached hydrogens (tertiary/aromatic N) is 2. The summed E-state index contributed by atoms with van der Waals surface area (Å²) in [5.41, 5.74) is 1.04. The monoisotopic (exact) mass is 251 g/mol. The van der Waals surface area contributed by atoms with E-state index in [0.29, 0.717) is 13.1 Å². The van der Waals surface area contributed by atoms with Crippen molar-refractivity contribution in [3.05, 3.63) is 30.1 Å². The Morgan fingerprint density at radius 3 is 2.61 bits per heavy atom. The Balaban J connectivity index is 2.66. The van der Waals surface area contributed by atoms with Gasteiger partial charge in [-0.05, 0) is 31.0 Å². The van der Waals surface area contributed by atoms with Gasteiger partial charge >= 0.3 is 6.03 Å². The molecule has 5 heteroatoms. The molecule has 0 aliphatic heterocycles. The second-order valence-electron chi connectivity index (χ2n) is 3.99. The van der Waals surface area contributed by atoms with Crippen LogP contribution in [0.5, 0.6) is 0 Å². The summed E-state index contributed by atoms with van der Waals surface area (Å²) < 4.78 is 0. The van der Waals surface area contributed by atoms with Crippen LogP contribution in [0.25, 0.3) is 0 Å². The summed E-state index contributed by atoms with van der Waals surface area (Å²) in [5, 5.41) is 11.9. The van der Waals surface area contributed by atoms with Crippen molar-refractivity contribution in [2.45, 2.75) is 26.3 Å². The Morgan fingerprint density at radius 2 is 2.11 bits per heavy atom. The average molecular weight is 251 g/mol. The zero-order valence-electron chi connectivity index (χ0n) is 11.0. The fourth-order valence-corrected chi connectivity index (χ4v) is 1.78. The molecule has 0 fully saturated rings. The number of aliphatic hydroxyl groups excluding tert-OH is 1. The molecule has 2 amide bonds. The summed E-state index contributed by atoms with van der Waals surface area (Å²) in [4.78, 5) is 17.5. The van der Waals surface area contributed by atoms with E-state index in [2.05, 4.69) is 10.3 Å². The van der Waals surface area contributed by atoms with E-state index in [0.717, 1.165) is 12.0 Å². The minimum atomic E-state index is -0.143. The molecule has 1 rings (SSSR count). The van der Waals surface area contributed by atoms with Gasteiger partial charge in [-0.3, -0.25) is 4.98 Å². The molecule has 1 aromatic rings. The van der Waals surface area contributed by atoms with Gasteiger partial charge < -0.3 is 15.3 Å². The first-order valence-corrected chi connectivity index (χ1v) is 6.29. The molecule has 1 aromatic heterocycles. The van der Waals surface area contributed by atoms with Crippen LogP contribution in [-0.2, 0) is 0 Å². The minimum absolute atomic E-state index is 0.0201. The summed E-state index contributed by atoms with van der Waals surface area (Å²) in [6.45, 7) is 4.83. The van der Waals surface area contributed by atoms with Gasteiger partial charge in [-0.15, -0.1) is 0 Å². The Morgan fingerprint density at radius 1 is 1.44 bits per heavy atom. The lowest BCUT2D eigenvalue weighted by Crippen LogP contribution is -2.42. The Hall–Kier alpha value is -1.62. The van der Waals surface area contributed by atoms with Gasteiger partial charge in [0, 0.05) is 25.5 Å². The van der Waals surface area contributed by atoms with Crippen molar-refractivity contribution in [2.24, 2.45) is 0 Å². The van der Waals surface area contributed by atoms with Crippen molar-refractivity contribution < 1.29 is 9.90 Å². The fraction of sp³-hybridized carbons (Fsp3) is 0.538. The van der Waals surface area contributed by atoms with Crippen molar-refractivity contribution in [3.8, 4) is 0 Å². The van der Waals surface area contributed by atoms with Crippen molar-refractivity contribution in [1.82, 2.24) is 15.2 Å². The standard InChI is InChI=1S/C13H21N3O2/c1-3-12(11-5-7-14-8-6-11)15-13(18)16(4-2)9-10-17/h5-8,12,17H,3-4,9-10H2,1-2H3,(H,15,18). The number of amides is 2. The highest BCUT2D eigenvalue weighted by Crippen LogP contribution is 2.15. The molecule has 18 heavy (non-hydrogen) atoms. The van der Waals surface area contributed by atoms with Crippen LogP contribution in [0.3, 0.4) is 0 Å². The van der Waals surface area contributed by atoms with Crippen molar-refractivity contribution in [2.75, 3.05) is 19.7 Å². The molecule has 1 heterocycles. The largest absolute Gasteiger partial charge is 0.395 e. The van der Waals surface area contributed by atoms with Gasteiger partial charge in [0.1, 0.15) is 0 Å². The predicted molar refractivity (Wildman–Crippen MR) is 70.1 cm³/mol. The molecule has 0 spiro atoms. The lowest BCUT2D eigenvalue weighted by atomic mass is 10.1. The lowest BCUT2D eigenvalue weighted by Gasteiger charge is -2.24. The molecule has 0 saturated carbocycles. The molecule has 0 saturated heterocycles. The highest BCUT2D eigenvalue weighted by Gasteiger charge is 2.16. The number of urea groups is 1. The summed E-state index contributed by atoms with van der Waals surface area (Å²) in [6, 6.07) is 3.64. The SMILES string of the molecule is CCC(NC(=O)N(CC)CCO)c1ccncc1. The number of rotatable bonds is 6. The average Bonchev–Trinajstić information content (AvgIpc) is 2.42. The number of aromatic nitrogens is 1. The van der Waals surface area contributed by atoms with Crippen LogP contribution < -0.4 is 5.32 Å². The third-order valence-electron chi connectivity index (χ3n) is 2.85. The van der Waals surface area contributed by atoms with E-state index in [9.17, 15) is 4.79 Å². The predicted octanol–water partition coefficient (Wildman–Crippen LogP) is 1.56. The van der Waals surface area contributed by atoms with Crippen LogP contribution in [-0.4, -0.2) is 40.7 Å². The molecule has 2 N–H and O–H groups in total. The summed E-state index contributed by atoms with van der Waals surface area (Å²) >= 11 is 0. The van der Waals surface area contributed by atoms with Gasteiger partial charge in [-0.25, -0.2) is 4.79 Å². The molecule has 0 aliphatic rings. The number of carbonyl (C=O) groups is 1. The number of pyridine rings is 1. The van der Waals surface area contributed by atoms with Gasteiger partial charge in [0.15, 0.2) is 0 Å². The van der Waals surface area contributed by atoms with Crippen LogP contribution in [0.2, 0.25) is 0 Å². The van der Waals surface area contributed by atoms with Crippen LogP contribution in [0.1, 0.15) is 31.9 Å². The second-order valence-corrected chi connectivity index (χ2v) is 3.99. The highest BCUT2D eigenvalue weighted by molar-refractivity contribution is 5.74. The first kappa shape index (κ1) is 14.4. The van der Waals surface area contributed by atoms with E-state index in [4.69, 9.17) is 5.11 Å². The normalized spacial score (nSPS) is 11.9. The Labute approximate surface area is 108 Å². The molecule has 0 aromatic carbocycles. The van der Waals surface area contributed by atoms with Gasteiger partial charge in [0.2, 0.25) is 0 Å². The van der Waals surface area contributed by atoms with E-state index in [1.165, 1.54) is 0 Å². The second kappa shape index (κ2) is 7.66. The molecule has 0 aliphatic carbocycles. The van der Waals surface area contributed by atoms with E-state index in [-0.39, 0.29) is 18.7 Å². The van der Waals surface area contributed by atoms with Crippen molar-refractivity contribution in [1.29, 1.82) is 0 Å². The van der Waals surface area contributed by atoms with Gasteiger partial charge in [0.05, 0.1) is 12.6 Å². The first-order valence-electron chi connectivity index (χ1n) is 6.29. The first-order chi connectivity index (χ1) is 8.72. The maximum Gasteiger partial charge on any atom is 0.317 e. The summed E-state index contributed by atoms with van der Waals surface area (Å²) in [5.74, 6) is 0. The van der Waals surface area contributed by atoms with E-state index in [1.807, 2.05) is 26.0 Å². The number of aliphatic hydroxyl groups is 1.